The Morgan fingerprint density at radius 3 is 2.28 bits per heavy atom. The fourth-order valence-corrected chi connectivity index (χ4v) is 4.01. The zero-order valence-corrected chi connectivity index (χ0v) is 18.8. The maximum atomic E-state index is 12.4. The van der Waals surface area contributed by atoms with Crippen molar-refractivity contribution in [2.75, 3.05) is 0 Å². The summed E-state index contributed by atoms with van der Waals surface area (Å²) in [6.45, 7) is 5.22. The zero-order chi connectivity index (χ0) is 18.9. The number of esters is 1. The van der Waals surface area contributed by atoms with Crippen molar-refractivity contribution in [1.29, 1.82) is 0 Å². The van der Waals surface area contributed by atoms with Crippen molar-refractivity contribution < 1.29 is 22.5 Å². The van der Waals surface area contributed by atoms with Gasteiger partial charge in [0.1, 0.15) is 5.75 Å². The van der Waals surface area contributed by atoms with Crippen LogP contribution in [0.4, 0.5) is 0 Å². The van der Waals surface area contributed by atoms with Gasteiger partial charge in [-0.3, -0.25) is 4.55 Å². The summed E-state index contributed by atoms with van der Waals surface area (Å²) >= 11 is 4.31. The summed E-state index contributed by atoms with van der Waals surface area (Å²) in [4.78, 5) is 12.2. The van der Waals surface area contributed by atoms with Crippen LogP contribution in [0.15, 0.2) is 35.2 Å². The normalized spacial score (nSPS) is 11.6. The minimum atomic E-state index is -4.35. The molecule has 0 spiro atoms. The first kappa shape index (κ1) is 20.6. The zero-order valence-electron chi connectivity index (χ0n) is 13.7. The molecule has 0 aliphatic heterocycles. The van der Waals surface area contributed by atoms with Crippen LogP contribution in [-0.4, -0.2) is 18.9 Å². The number of halogens is 2. The van der Waals surface area contributed by atoms with Crippen molar-refractivity contribution in [1.82, 2.24) is 0 Å². The molecule has 0 aliphatic carbocycles. The first-order chi connectivity index (χ1) is 11.5. The molecule has 0 atom stereocenters. The number of rotatable bonds is 4. The van der Waals surface area contributed by atoms with Crippen molar-refractivity contribution in [3.05, 3.63) is 54.2 Å². The lowest BCUT2D eigenvalue weighted by Crippen LogP contribution is -2.12. The molecule has 2 aromatic carbocycles. The molecule has 0 saturated heterocycles. The van der Waals surface area contributed by atoms with Crippen LogP contribution in [0.5, 0.6) is 5.75 Å². The number of hydrogen-bond donors (Lipinski definition) is 1. The first-order valence-corrected chi connectivity index (χ1v) is 10.9. The van der Waals surface area contributed by atoms with E-state index in [0.29, 0.717) is 16.7 Å². The molecule has 0 amide bonds. The summed E-state index contributed by atoms with van der Waals surface area (Å²) in [6, 6.07) is 8.06. The quantitative estimate of drug-likeness (QED) is 0.241. The third-order valence-electron chi connectivity index (χ3n) is 3.57. The topological polar surface area (TPSA) is 80.7 Å². The summed E-state index contributed by atoms with van der Waals surface area (Å²) in [6.07, 6.45) is 0. The molecule has 5 nitrogen and oxygen atoms in total. The third kappa shape index (κ3) is 4.92. The summed E-state index contributed by atoms with van der Waals surface area (Å²) in [7, 11) is -4.35. The molecular weight excluding hydrogens is 570 g/mol. The third-order valence-corrected chi connectivity index (χ3v) is 7.34. The van der Waals surface area contributed by atoms with Crippen LogP contribution in [0.25, 0.3) is 0 Å². The Morgan fingerprint density at radius 1 is 1.12 bits per heavy atom. The summed E-state index contributed by atoms with van der Waals surface area (Å²) in [5.74, 6) is -0.421. The Bertz CT molecular complexity index is 936. The lowest BCUT2D eigenvalue weighted by atomic mass is 10.0. The van der Waals surface area contributed by atoms with Gasteiger partial charge in [0.15, 0.2) is 0 Å². The molecule has 8 heteroatoms. The summed E-state index contributed by atoms with van der Waals surface area (Å²) in [5, 5.41) is 0. The van der Waals surface area contributed by atoms with Gasteiger partial charge in [-0.25, -0.2) is 4.79 Å². The largest absolute Gasteiger partial charge is 0.423 e. The van der Waals surface area contributed by atoms with Crippen LogP contribution >= 0.6 is 45.2 Å². The number of benzene rings is 2. The molecule has 2 aromatic rings. The first-order valence-electron chi connectivity index (χ1n) is 7.30. The van der Waals surface area contributed by atoms with Gasteiger partial charge in [-0.1, -0.05) is 13.8 Å². The van der Waals surface area contributed by atoms with Gasteiger partial charge in [0.2, 0.25) is 0 Å². The van der Waals surface area contributed by atoms with Crippen LogP contribution in [-0.2, 0) is 10.1 Å². The van der Waals surface area contributed by atoms with Gasteiger partial charge in [0, 0.05) is 7.14 Å². The van der Waals surface area contributed by atoms with Gasteiger partial charge in [0.05, 0.1) is 10.5 Å². The van der Waals surface area contributed by atoms with E-state index in [4.69, 9.17) is 4.74 Å². The number of aryl methyl sites for hydroxylation is 1. The molecular formula is C17H16I2O5S. The maximum Gasteiger partial charge on any atom is 0.343 e. The molecule has 0 heterocycles. The van der Waals surface area contributed by atoms with Gasteiger partial charge in [-0.2, -0.15) is 8.42 Å². The van der Waals surface area contributed by atoms with Crippen molar-refractivity contribution >= 4 is 61.3 Å². The molecule has 0 aromatic heterocycles. The van der Waals surface area contributed by atoms with Crippen LogP contribution in [0.2, 0.25) is 0 Å². The summed E-state index contributed by atoms with van der Waals surface area (Å²) < 4.78 is 40.0. The molecule has 0 radical (unpaired) electrons. The van der Waals surface area contributed by atoms with E-state index in [1.165, 1.54) is 12.1 Å². The second-order valence-electron chi connectivity index (χ2n) is 5.80. The highest BCUT2D eigenvalue weighted by Gasteiger charge is 2.21. The van der Waals surface area contributed by atoms with Crippen LogP contribution < -0.4 is 4.74 Å². The van der Waals surface area contributed by atoms with E-state index < -0.39 is 16.1 Å². The lowest BCUT2D eigenvalue weighted by Gasteiger charge is -2.15. The average Bonchev–Trinajstić information content (AvgIpc) is 2.50. The molecule has 25 heavy (non-hydrogen) atoms. The van der Waals surface area contributed by atoms with Gasteiger partial charge < -0.3 is 4.74 Å². The Balaban J connectivity index is 2.44. The molecule has 0 unspecified atom stereocenters. The maximum absolute atomic E-state index is 12.4. The predicted octanol–water partition coefficient (Wildman–Crippen LogP) is 4.79. The molecule has 134 valence electrons. The highest BCUT2D eigenvalue weighted by molar-refractivity contribution is 14.1. The second kappa shape index (κ2) is 7.89. The highest BCUT2D eigenvalue weighted by atomic mass is 127. The van der Waals surface area contributed by atoms with Gasteiger partial charge in [-0.05, 0) is 99.5 Å². The fourth-order valence-electron chi connectivity index (χ4n) is 2.24. The Labute approximate surface area is 174 Å². The van der Waals surface area contributed by atoms with Gasteiger partial charge >= 0.3 is 5.97 Å². The number of carbonyl (C=O) groups excluding carboxylic acids is 1. The Kier molecular flexibility index (Phi) is 6.50. The van der Waals surface area contributed by atoms with Crippen LogP contribution in [0.1, 0.15) is 41.3 Å². The standard InChI is InChI=1S/C17H16I2O5S/c1-9(2)12-8-15(10(3)6-16(12)25(21,22)23)24-17(20)11-4-5-13(18)14(19)7-11/h4-9H,1-3H3,(H,21,22,23). The minimum absolute atomic E-state index is 0.163. The molecule has 0 fully saturated rings. The Hall–Kier alpha value is -0.720. The number of hydrogen-bond acceptors (Lipinski definition) is 4. The van der Waals surface area contributed by atoms with E-state index in [0.717, 1.165) is 7.14 Å². The van der Waals surface area contributed by atoms with Gasteiger partial charge in [-0.15, -0.1) is 0 Å². The van der Waals surface area contributed by atoms with Crippen LogP contribution in [0.3, 0.4) is 0 Å². The monoisotopic (exact) mass is 586 g/mol. The van der Waals surface area contributed by atoms with E-state index in [2.05, 4.69) is 45.2 Å². The lowest BCUT2D eigenvalue weighted by molar-refractivity contribution is 0.0733. The summed E-state index contributed by atoms with van der Waals surface area (Å²) in [5.41, 5.74) is 1.26. The molecule has 1 N–H and O–H groups in total. The average molecular weight is 586 g/mol. The Morgan fingerprint density at radius 2 is 1.76 bits per heavy atom. The SMILES string of the molecule is Cc1cc(S(=O)(=O)O)c(C(C)C)cc1OC(=O)c1ccc(I)c(I)c1. The van der Waals surface area contributed by atoms with Gasteiger partial charge in [0.25, 0.3) is 10.1 Å². The molecule has 0 aliphatic rings. The van der Waals surface area contributed by atoms with E-state index in [9.17, 15) is 17.8 Å². The van der Waals surface area contributed by atoms with Crippen molar-refractivity contribution in [3.8, 4) is 5.75 Å². The van der Waals surface area contributed by atoms with E-state index in [1.807, 2.05) is 6.07 Å². The molecule has 0 saturated carbocycles. The van der Waals surface area contributed by atoms with Crippen molar-refractivity contribution in [2.45, 2.75) is 31.6 Å². The van der Waals surface area contributed by atoms with E-state index in [-0.39, 0.29) is 16.6 Å². The second-order valence-corrected chi connectivity index (χ2v) is 9.52. The smallest absolute Gasteiger partial charge is 0.343 e. The number of carbonyl (C=O) groups is 1. The molecule has 2 rings (SSSR count). The van der Waals surface area contributed by atoms with Crippen molar-refractivity contribution in [2.24, 2.45) is 0 Å². The number of ether oxygens (including phenoxy) is 1. The van der Waals surface area contributed by atoms with Crippen LogP contribution in [0, 0.1) is 14.1 Å². The van der Waals surface area contributed by atoms with Crippen molar-refractivity contribution in [3.63, 3.8) is 0 Å². The van der Waals surface area contributed by atoms with E-state index >= 15 is 0 Å². The molecule has 0 bridgehead atoms. The fraction of sp³-hybridized carbons (Fsp3) is 0.235. The van der Waals surface area contributed by atoms with E-state index in [1.54, 1.807) is 32.9 Å². The highest BCUT2D eigenvalue weighted by Crippen LogP contribution is 2.31. The predicted molar refractivity (Wildman–Crippen MR) is 112 cm³/mol. The minimum Gasteiger partial charge on any atom is -0.423 e.